The van der Waals surface area contributed by atoms with Crippen LogP contribution in [0.4, 0.5) is 0 Å². The fourth-order valence-corrected chi connectivity index (χ4v) is 2.34. The summed E-state index contributed by atoms with van der Waals surface area (Å²) in [6, 6.07) is 9.99. The monoisotopic (exact) mass is 345 g/mol. The van der Waals surface area contributed by atoms with Gasteiger partial charge in [0.25, 0.3) is 0 Å². The van der Waals surface area contributed by atoms with E-state index >= 15 is 0 Å². The highest BCUT2D eigenvalue weighted by atomic mass is 32.1. The maximum atomic E-state index is 11.7. The first-order chi connectivity index (χ1) is 11.6. The Morgan fingerprint density at radius 2 is 2.12 bits per heavy atom. The molecule has 0 aliphatic heterocycles. The molecule has 0 saturated heterocycles. The van der Waals surface area contributed by atoms with Gasteiger partial charge in [-0.05, 0) is 37.3 Å². The zero-order chi connectivity index (χ0) is 17.4. The first-order valence-corrected chi connectivity index (χ1v) is 8.34. The Kier molecular flexibility index (Phi) is 6.89. The van der Waals surface area contributed by atoms with Crippen LogP contribution in [0.25, 0.3) is 12.2 Å². The van der Waals surface area contributed by atoms with Crippen LogP contribution in [-0.2, 0) is 11.5 Å². The fraction of sp³-hybridized carbons (Fsp3) is 0.353. The Morgan fingerprint density at radius 3 is 2.83 bits per heavy atom. The van der Waals surface area contributed by atoms with Crippen LogP contribution in [-0.4, -0.2) is 45.7 Å². The predicted octanol–water partition coefficient (Wildman–Crippen LogP) is 2.53. The second kappa shape index (κ2) is 9.14. The SMILES string of the molecule is CCCNC(=O)CN(C)Cn1[nH]c(/C=C/c2ccccc2)nc1=S. The van der Waals surface area contributed by atoms with Gasteiger partial charge in [-0.25, -0.2) is 4.68 Å². The minimum absolute atomic E-state index is 0.00887. The minimum Gasteiger partial charge on any atom is -0.355 e. The van der Waals surface area contributed by atoms with E-state index in [1.807, 2.05) is 61.4 Å². The van der Waals surface area contributed by atoms with E-state index in [1.54, 1.807) is 4.68 Å². The van der Waals surface area contributed by atoms with Crippen molar-refractivity contribution in [3.8, 4) is 0 Å². The first kappa shape index (κ1) is 18.1. The molecule has 6 nitrogen and oxygen atoms in total. The lowest BCUT2D eigenvalue weighted by Crippen LogP contribution is -2.36. The van der Waals surface area contributed by atoms with Gasteiger partial charge in [0.1, 0.15) is 5.82 Å². The Bertz CT molecular complexity index is 735. The van der Waals surface area contributed by atoms with Crippen molar-refractivity contribution in [2.24, 2.45) is 0 Å². The smallest absolute Gasteiger partial charge is 0.234 e. The number of benzene rings is 1. The molecule has 0 bridgehead atoms. The number of carbonyl (C=O) groups is 1. The largest absolute Gasteiger partial charge is 0.355 e. The quantitative estimate of drug-likeness (QED) is 0.722. The van der Waals surface area contributed by atoms with E-state index in [2.05, 4.69) is 15.4 Å². The molecule has 1 heterocycles. The van der Waals surface area contributed by atoms with Crippen molar-refractivity contribution in [2.45, 2.75) is 20.0 Å². The summed E-state index contributed by atoms with van der Waals surface area (Å²) < 4.78 is 2.20. The lowest BCUT2D eigenvalue weighted by molar-refractivity contribution is -0.122. The topological polar surface area (TPSA) is 66.0 Å². The summed E-state index contributed by atoms with van der Waals surface area (Å²) in [6.07, 6.45) is 4.79. The van der Waals surface area contributed by atoms with Crippen molar-refractivity contribution in [3.63, 3.8) is 0 Å². The average Bonchev–Trinajstić information content (AvgIpc) is 2.91. The highest BCUT2D eigenvalue weighted by molar-refractivity contribution is 7.71. The van der Waals surface area contributed by atoms with E-state index in [0.29, 0.717) is 30.4 Å². The van der Waals surface area contributed by atoms with E-state index in [0.717, 1.165) is 12.0 Å². The van der Waals surface area contributed by atoms with Crippen molar-refractivity contribution in [3.05, 3.63) is 46.5 Å². The van der Waals surface area contributed by atoms with Crippen LogP contribution in [0.3, 0.4) is 0 Å². The van der Waals surface area contributed by atoms with Crippen LogP contribution in [0.1, 0.15) is 24.7 Å². The summed E-state index contributed by atoms with van der Waals surface area (Å²) in [6.45, 7) is 3.52. The number of likely N-dealkylation sites (N-methyl/N-ethyl adjacent to an activating group) is 1. The summed E-state index contributed by atoms with van der Waals surface area (Å²) >= 11 is 5.27. The van der Waals surface area contributed by atoms with E-state index in [1.165, 1.54) is 0 Å². The van der Waals surface area contributed by atoms with Gasteiger partial charge >= 0.3 is 0 Å². The molecule has 0 fully saturated rings. The molecule has 0 atom stereocenters. The molecule has 2 rings (SSSR count). The third kappa shape index (κ3) is 5.75. The van der Waals surface area contributed by atoms with Crippen LogP contribution in [0.15, 0.2) is 30.3 Å². The standard InChI is InChI=1S/C17H23N5OS/c1-3-11-18-16(23)12-21(2)13-22-17(24)19-15(20-22)10-9-14-7-5-4-6-8-14/h4-10H,3,11-13H2,1-2H3,(H,18,23)(H,19,20,24)/b10-9+. The molecule has 7 heteroatoms. The molecular formula is C17H23N5OS. The molecular weight excluding hydrogens is 322 g/mol. The highest BCUT2D eigenvalue weighted by Gasteiger charge is 2.08. The number of rotatable bonds is 8. The number of amides is 1. The third-order valence-electron chi connectivity index (χ3n) is 3.30. The second-order valence-electron chi connectivity index (χ2n) is 5.57. The van der Waals surface area contributed by atoms with Crippen molar-refractivity contribution in [1.29, 1.82) is 0 Å². The van der Waals surface area contributed by atoms with Crippen molar-refractivity contribution >= 4 is 30.3 Å². The third-order valence-corrected chi connectivity index (χ3v) is 3.61. The van der Waals surface area contributed by atoms with Crippen LogP contribution in [0.2, 0.25) is 0 Å². The molecule has 128 valence electrons. The molecule has 1 aromatic heterocycles. The number of nitrogens with one attached hydrogen (secondary N) is 2. The zero-order valence-corrected chi connectivity index (χ0v) is 14.8. The molecule has 24 heavy (non-hydrogen) atoms. The van der Waals surface area contributed by atoms with Gasteiger partial charge in [0.05, 0.1) is 13.2 Å². The first-order valence-electron chi connectivity index (χ1n) is 7.93. The molecule has 0 spiro atoms. The van der Waals surface area contributed by atoms with Crippen molar-refractivity contribution < 1.29 is 4.79 Å². The Hall–Kier alpha value is -2.25. The van der Waals surface area contributed by atoms with Gasteiger partial charge in [-0.2, -0.15) is 4.98 Å². The van der Waals surface area contributed by atoms with E-state index in [-0.39, 0.29) is 5.91 Å². The molecule has 0 unspecified atom stereocenters. The van der Waals surface area contributed by atoms with Crippen molar-refractivity contribution in [2.75, 3.05) is 20.1 Å². The van der Waals surface area contributed by atoms with Gasteiger partial charge in [-0.1, -0.05) is 43.3 Å². The van der Waals surface area contributed by atoms with Crippen LogP contribution >= 0.6 is 12.2 Å². The number of hydrogen-bond acceptors (Lipinski definition) is 4. The van der Waals surface area contributed by atoms with E-state index in [9.17, 15) is 4.79 Å². The summed E-state index contributed by atoms with van der Waals surface area (Å²) in [5.41, 5.74) is 1.09. The zero-order valence-electron chi connectivity index (χ0n) is 14.0. The number of nitrogens with zero attached hydrogens (tertiary/aromatic N) is 3. The average molecular weight is 345 g/mol. The molecule has 0 aliphatic carbocycles. The number of aromatic nitrogens is 3. The summed E-state index contributed by atoms with van der Waals surface area (Å²) in [5.74, 6) is 0.697. The number of aromatic amines is 1. The van der Waals surface area contributed by atoms with E-state index < -0.39 is 0 Å². The van der Waals surface area contributed by atoms with Gasteiger partial charge < -0.3 is 5.32 Å². The Labute approximate surface area is 147 Å². The number of hydrogen-bond donors (Lipinski definition) is 2. The molecule has 0 saturated carbocycles. The molecule has 2 aromatic rings. The van der Waals surface area contributed by atoms with Gasteiger partial charge in [0.15, 0.2) is 0 Å². The van der Waals surface area contributed by atoms with Crippen LogP contribution < -0.4 is 5.32 Å². The number of H-pyrrole nitrogens is 1. The summed E-state index contributed by atoms with van der Waals surface area (Å²) in [5, 5.41) is 5.99. The van der Waals surface area contributed by atoms with Crippen LogP contribution in [0.5, 0.6) is 0 Å². The fourth-order valence-electron chi connectivity index (χ4n) is 2.14. The molecule has 0 radical (unpaired) electrons. The van der Waals surface area contributed by atoms with E-state index in [4.69, 9.17) is 12.2 Å². The summed E-state index contributed by atoms with van der Waals surface area (Å²) in [7, 11) is 1.87. The number of carbonyl (C=O) groups excluding carboxylic acids is 1. The van der Waals surface area contributed by atoms with Gasteiger partial charge in [-0.15, -0.1) is 0 Å². The summed E-state index contributed by atoms with van der Waals surface area (Å²) in [4.78, 5) is 17.9. The van der Waals surface area contributed by atoms with Crippen molar-refractivity contribution in [1.82, 2.24) is 25.0 Å². The predicted molar refractivity (Wildman–Crippen MR) is 98.7 cm³/mol. The second-order valence-corrected chi connectivity index (χ2v) is 5.93. The molecule has 2 N–H and O–H groups in total. The Balaban J connectivity index is 1.95. The molecule has 1 aromatic carbocycles. The lowest BCUT2D eigenvalue weighted by atomic mass is 10.2. The van der Waals surface area contributed by atoms with Gasteiger partial charge in [0.2, 0.25) is 10.7 Å². The lowest BCUT2D eigenvalue weighted by Gasteiger charge is -2.16. The van der Waals surface area contributed by atoms with Gasteiger partial charge in [0, 0.05) is 6.54 Å². The van der Waals surface area contributed by atoms with Crippen LogP contribution in [0, 0.1) is 4.77 Å². The maximum Gasteiger partial charge on any atom is 0.234 e. The normalized spacial score (nSPS) is 11.3. The molecule has 1 amide bonds. The minimum atomic E-state index is 0.00887. The highest BCUT2D eigenvalue weighted by Crippen LogP contribution is 2.05. The van der Waals surface area contributed by atoms with Gasteiger partial charge in [-0.3, -0.25) is 14.8 Å². The molecule has 0 aliphatic rings. The Morgan fingerprint density at radius 1 is 1.38 bits per heavy atom. The maximum absolute atomic E-state index is 11.7.